The minimum Gasteiger partial charge on any atom is -0.496 e. The third-order valence-corrected chi connectivity index (χ3v) is 6.70. The predicted molar refractivity (Wildman–Crippen MR) is 130 cm³/mol. The van der Waals surface area contributed by atoms with Crippen LogP contribution in [0.15, 0.2) is 18.2 Å². The van der Waals surface area contributed by atoms with Crippen molar-refractivity contribution in [3.05, 3.63) is 23.8 Å². The number of rotatable bonds is 17. The van der Waals surface area contributed by atoms with Crippen LogP contribution in [0, 0.1) is 17.8 Å². The minimum absolute atomic E-state index is 0.0450. The molecule has 0 saturated heterocycles. The highest BCUT2D eigenvalue weighted by Gasteiger charge is 2.33. The van der Waals surface area contributed by atoms with Crippen LogP contribution < -0.4 is 15.2 Å². The minimum atomic E-state index is -0.479. The van der Waals surface area contributed by atoms with E-state index in [1.807, 2.05) is 12.1 Å². The maximum atomic E-state index is 9.77. The number of ether oxygens (including phenoxy) is 2. The molecular weight excluding hydrogens is 386 g/mol. The number of aliphatic hydroxyl groups is 1. The summed E-state index contributed by atoms with van der Waals surface area (Å²) < 4.78 is 11.6. The van der Waals surface area contributed by atoms with Gasteiger partial charge in [-0.1, -0.05) is 65.4 Å². The van der Waals surface area contributed by atoms with Crippen LogP contribution in [0.4, 0.5) is 0 Å². The van der Waals surface area contributed by atoms with Crippen LogP contribution in [0.25, 0.3) is 0 Å². The third kappa shape index (κ3) is 10.3. The first-order valence-corrected chi connectivity index (χ1v) is 12.5. The zero-order valence-electron chi connectivity index (χ0n) is 20.5. The normalized spacial score (nSPS) is 16.9. The number of benzene rings is 1. The molecule has 31 heavy (non-hydrogen) atoms. The van der Waals surface area contributed by atoms with Crippen LogP contribution >= 0.6 is 0 Å². The van der Waals surface area contributed by atoms with Gasteiger partial charge in [-0.3, -0.25) is 0 Å². The molecule has 0 radical (unpaired) electrons. The summed E-state index contributed by atoms with van der Waals surface area (Å²) in [7, 11) is 1.70. The summed E-state index contributed by atoms with van der Waals surface area (Å²) >= 11 is 0. The molecule has 1 aliphatic rings. The van der Waals surface area contributed by atoms with E-state index >= 15 is 0 Å². The molecule has 1 aromatic rings. The Hall–Kier alpha value is -1.26. The van der Waals surface area contributed by atoms with Gasteiger partial charge in [0.25, 0.3) is 0 Å². The van der Waals surface area contributed by atoms with Gasteiger partial charge in [-0.25, -0.2) is 0 Å². The quantitative estimate of drug-likeness (QED) is 0.290. The number of aryl methyl sites for hydroxylation is 1. The van der Waals surface area contributed by atoms with Crippen molar-refractivity contribution in [1.82, 2.24) is 0 Å². The Labute approximate surface area is 190 Å². The predicted octanol–water partition coefficient (Wildman–Crippen LogP) is 6.13. The monoisotopic (exact) mass is 433 g/mol. The van der Waals surface area contributed by atoms with E-state index in [1.54, 1.807) is 7.11 Å². The Morgan fingerprint density at radius 3 is 2.48 bits per heavy atom. The fraction of sp³-hybridized carbons (Fsp3) is 0.778. The van der Waals surface area contributed by atoms with Crippen LogP contribution in [0.5, 0.6) is 11.5 Å². The van der Waals surface area contributed by atoms with Gasteiger partial charge < -0.3 is 20.3 Å². The maximum absolute atomic E-state index is 9.77. The smallest absolute Gasteiger partial charge is 0.125 e. The lowest BCUT2D eigenvalue weighted by atomic mass is 9.87. The van der Waals surface area contributed by atoms with Crippen molar-refractivity contribution in [3.8, 4) is 11.5 Å². The van der Waals surface area contributed by atoms with E-state index in [9.17, 15) is 5.11 Å². The fourth-order valence-electron chi connectivity index (χ4n) is 4.35. The van der Waals surface area contributed by atoms with E-state index in [1.165, 1.54) is 44.9 Å². The summed E-state index contributed by atoms with van der Waals surface area (Å²) in [6.45, 7) is 7.78. The number of nitrogens with two attached hydrogens (primary N) is 1. The number of hydrogen-bond donors (Lipinski definition) is 2. The van der Waals surface area contributed by atoms with Crippen molar-refractivity contribution in [2.24, 2.45) is 23.5 Å². The molecule has 2 atom stereocenters. The van der Waals surface area contributed by atoms with Crippen molar-refractivity contribution in [1.29, 1.82) is 0 Å². The maximum Gasteiger partial charge on any atom is 0.125 e. The Bertz CT molecular complexity index is 629. The first-order chi connectivity index (χ1) is 14.8. The molecule has 4 heteroatoms. The summed E-state index contributed by atoms with van der Waals surface area (Å²) in [6.07, 6.45) is 12.7. The molecule has 2 rings (SSSR count). The molecule has 1 saturated carbocycles. The summed E-state index contributed by atoms with van der Waals surface area (Å²) in [6, 6.07) is 6.10. The molecule has 0 heterocycles. The van der Waals surface area contributed by atoms with E-state index in [4.69, 9.17) is 15.2 Å². The van der Waals surface area contributed by atoms with Crippen molar-refractivity contribution in [2.75, 3.05) is 20.3 Å². The molecule has 4 nitrogen and oxygen atoms in total. The third-order valence-electron chi connectivity index (χ3n) is 6.70. The van der Waals surface area contributed by atoms with Gasteiger partial charge in [-0.2, -0.15) is 0 Å². The Morgan fingerprint density at radius 1 is 1.10 bits per heavy atom. The number of aliphatic hydroxyl groups excluding tert-OH is 1. The molecule has 1 aromatic carbocycles. The second kappa shape index (κ2) is 13.3. The van der Waals surface area contributed by atoms with Gasteiger partial charge in [-0.05, 0) is 61.5 Å². The fourth-order valence-corrected chi connectivity index (χ4v) is 4.35. The van der Waals surface area contributed by atoms with Crippen LogP contribution in [0.3, 0.4) is 0 Å². The zero-order valence-corrected chi connectivity index (χ0v) is 20.5. The average Bonchev–Trinajstić information content (AvgIpc) is 3.55. The lowest BCUT2D eigenvalue weighted by Gasteiger charge is -2.27. The highest BCUT2D eigenvalue weighted by molar-refractivity contribution is 5.41. The lowest BCUT2D eigenvalue weighted by Crippen LogP contribution is -2.44. The standard InChI is InChI=1S/C27H47NO3/c1-21(2)8-7-10-22(3)9-5-6-17-31-25-14-13-24(26(18-25)30-4)15-16-27(28,20-29)19-23-11-12-23/h13-14,18,21-23,29H,5-12,15-17,19-20,28H2,1-4H3/t22?,27-/m0/s1. The largest absolute Gasteiger partial charge is 0.496 e. The molecule has 0 bridgehead atoms. The van der Waals surface area contributed by atoms with E-state index < -0.39 is 5.54 Å². The molecule has 0 aliphatic heterocycles. The van der Waals surface area contributed by atoms with Gasteiger partial charge in [0.1, 0.15) is 11.5 Å². The lowest BCUT2D eigenvalue weighted by molar-refractivity contribution is 0.172. The number of hydrogen-bond acceptors (Lipinski definition) is 4. The van der Waals surface area contributed by atoms with Gasteiger partial charge in [0.2, 0.25) is 0 Å². The molecule has 0 aromatic heterocycles. The van der Waals surface area contributed by atoms with Gasteiger partial charge in [0, 0.05) is 11.6 Å². The van der Waals surface area contributed by atoms with E-state index in [-0.39, 0.29) is 6.61 Å². The summed E-state index contributed by atoms with van der Waals surface area (Å²) in [5, 5.41) is 9.77. The molecule has 178 valence electrons. The topological polar surface area (TPSA) is 64.7 Å². The molecule has 3 N–H and O–H groups in total. The first kappa shape index (κ1) is 26.0. The summed E-state index contributed by atoms with van der Waals surface area (Å²) in [5.41, 5.74) is 7.10. The van der Waals surface area contributed by atoms with Crippen LogP contribution in [0.1, 0.15) is 90.5 Å². The van der Waals surface area contributed by atoms with Crippen molar-refractivity contribution >= 4 is 0 Å². The van der Waals surface area contributed by atoms with Crippen molar-refractivity contribution < 1.29 is 14.6 Å². The van der Waals surface area contributed by atoms with E-state index in [0.29, 0.717) is 5.92 Å². The average molecular weight is 434 g/mol. The first-order valence-electron chi connectivity index (χ1n) is 12.5. The Kier molecular flexibility index (Phi) is 11.2. The van der Waals surface area contributed by atoms with Crippen molar-refractivity contribution in [2.45, 2.75) is 96.9 Å². The SMILES string of the molecule is COc1cc(OCCCCC(C)CCCC(C)C)ccc1CC[C@@](N)(CO)CC1CC1. The van der Waals surface area contributed by atoms with E-state index in [2.05, 4.69) is 26.8 Å². The highest BCUT2D eigenvalue weighted by atomic mass is 16.5. The highest BCUT2D eigenvalue weighted by Crippen LogP contribution is 2.37. The number of methoxy groups -OCH3 is 1. The molecular formula is C27H47NO3. The summed E-state index contributed by atoms with van der Waals surface area (Å²) in [4.78, 5) is 0. The Balaban J connectivity index is 1.70. The van der Waals surface area contributed by atoms with Gasteiger partial charge in [-0.15, -0.1) is 0 Å². The van der Waals surface area contributed by atoms with Crippen LogP contribution in [-0.2, 0) is 6.42 Å². The van der Waals surface area contributed by atoms with Gasteiger partial charge in [0.05, 0.1) is 20.3 Å². The van der Waals surface area contributed by atoms with Crippen LogP contribution in [-0.4, -0.2) is 31.0 Å². The van der Waals surface area contributed by atoms with Crippen molar-refractivity contribution in [3.63, 3.8) is 0 Å². The molecule has 1 unspecified atom stereocenters. The molecule has 0 spiro atoms. The Morgan fingerprint density at radius 2 is 1.84 bits per heavy atom. The molecule has 1 fully saturated rings. The molecule has 0 amide bonds. The van der Waals surface area contributed by atoms with Crippen LogP contribution in [0.2, 0.25) is 0 Å². The molecule has 1 aliphatic carbocycles. The van der Waals surface area contributed by atoms with Gasteiger partial charge in [0.15, 0.2) is 0 Å². The number of unbranched alkanes of at least 4 members (excludes halogenated alkanes) is 1. The van der Waals surface area contributed by atoms with Gasteiger partial charge >= 0.3 is 0 Å². The summed E-state index contributed by atoms with van der Waals surface area (Å²) in [5.74, 6) is 4.05. The zero-order chi connectivity index (χ0) is 22.7. The second-order valence-electron chi connectivity index (χ2n) is 10.4. The second-order valence-corrected chi connectivity index (χ2v) is 10.4. The van der Waals surface area contributed by atoms with E-state index in [0.717, 1.165) is 61.2 Å².